The van der Waals surface area contributed by atoms with E-state index in [2.05, 4.69) is 9.97 Å². The van der Waals surface area contributed by atoms with Crippen molar-refractivity contribution >= 4 is 11.6 Å². The van der Waals surface area contributed by atoms with E-state index in [1.54, 1.807) is 37.7 Å². The Hall–Kier alpha value is -1.65. The predicted octanol–water partition coefficient (Wildman–Crippen LogP) is 2.31. The van der Waals surface area contributed by atoms with Crippen molar-refractivity contribution in [3.8, 4) is 17.1 Å². The van der Waals surface area contributed by atoms with Gasteiger partial charge >= 0.3 is 0 Å². The summed E-state index contributed by atoms with van der Waals surface area (Å²) in [4.78, 5) is 8.62. The van der Waals surface area contributed by atoms with Crippen molar-refractivity contribution in [1.29, 1.82) is 0 Å². The average molecular weight is 264 g/mol. The molecule has 0 radical (unpaired) electrons. The Balaban J connectivity index is 2.38. The van der Waals surface area contributed by atoms with Crippen LogP contribution in [-0.4, -0.2) is 23.6 Å². The van der Waals surface area contributed by atoms with Gasteiger partial charge < -0.3 is 10.5 Å². The molecule has 0 aliphatic rings. The van der Waals surface area contributed by atoms with Crippen LogP contribution < -0.4 is 10.5 Å². The third-order valence-corrected chi connectivity index (χ3v) is 2.78. The fourth-order valence-corrected chi connectivity index (χ4v) is 1.82. The minimum atomic E-state index is 0.587. The summed E-state index contributed by atoms with van der Waals surface area (Å²) in [6, 6.07) is 5.36. The van der Waals surface area contributed by atoms with Crippen molar-refractivity contribution < 1.29 is 4.74 Å². The smallest absolute Gasteiger partial charge is 0.162 e. The van der Waals surface area contributed by atoms with Crippen LogP contribution in [0.25, 0.3) is 11.4 Å². The molecule has 18 heavy (non-hydrogen) atoms. The number of hydrogen-bond acceptors (Lipinski definition) is 4. The van der Waals surface area contributed by atoms with E-state index in [1.165, 1.54) is 0 Å². The van der Waals surface area contributed by atoms with Crippen molar-refractivity contribution in [3.05, 3.63) is 41.2 Å². The molecule has 0 aliphatic heterocycles. The molecule has 0 saturated heterocycles. The number of nitrogens with zero attached hydrogens (tertiary/aromatic N) is 2. The Morgan fingerprint density at radius 2 is 2.00 bits per heavy atom. The van der Waals surface area contributed by atoms with E-state index in [1.807, 2.05) is 0 Å². The SMILES string of the molecule is COc1ccc(Cl)cc1-c1ncc(CCN)cn1. The molecule has 0 aliphatic carbocycles. The zero-order valence-electron chi connectivity index (χ0n) is 10.1. The predicted molar refractivity (Wildman–Crippen MR) is 71.8 cm³/mol. The normalized spacial score (nSPS) is 10.4. The first-order valence-corrected chi connectivity index (χ1v) is 5.97. The fourth-order valence-electron chi connectivity index (χ4n) is 1.64. The Labute approximate surface area is 111 Å². The number of halogens is 1. The second-order valence-electron chi connectivity index (χ2n) is 3.80. The molecule has 0 unspecified atom stereocenters. The van der Waals surface area contributed by atoms with Gasteiger partial charge in [-0.2, -0.15) is 0 Å². The number of hydrogen-bond donors (Lipinski definition) is 1. The molecule has 1 heterocycles. The van der Waals surface area contributed by atoms with Crippen molar-refractivity contribution in [2.24, 2.45) is 5.73 Å². The molecule has 0 saturated carbocycles. The lowest BCUT2D eigenvalue weighted by molar-refractivity contribution is 0.416. The van der Waals surface area contributed by atoms with E-state index >= 15 is 0 Å². The van der Waals surface area contributed by atoms with Crippen LogP contribution in [0.1, 0.15) is 5.56 Å². The summed E-state index contributed by atoms with van der Waals surface area (Å²) in [6.07, 6.45) is 4.32. The van der Waals surface area contributed by atoms with Crippen LogP contribution in [0.3, 0.4) is 0 Å². The Morgan fingerprint density at radius 3 is 2.61 bits per heavy atom. The monoisotopic (exact) mass is 263 g/mol. The molecule has 0 spiro atoms. The maximum atomic E-state index is 5.98. The molecule has 2 aromatic rings. The lowest BCUT2D eigenvalue weighted by Gasteiger charge is -2.08. The van der Waals surface area contributed by atoms with E-state index in [-0.39, 0.29) is 0 Å². The van der Waals surface area contributed by atoms with Crippen LogP contribution >= 0.6 is 11.6 Å². The molecule has 1 aromatic carbocycles. The van der Waals surface area contributed by atoms with E-state index in [4.69, 9.17) is 22.1 Å². The van der Waals surface area contributed by atoms with Crippen LogP contribution in [0.5, 0.6) is 5.75 Å². The quantitative estimate of drug-likeness (QED) is 0.920. The standard InChI is InChI=1S/C13H14ClN3O/c1-18-12-3-2-10(14)6-11(12)13-16-7-9(4-5-15)8-17-13/h2-3,6-8H,4-5,15H2,1H3. The second-order valence-corrected chi connectivity index (χ2v) is 4.23. The molecule has 5 heteroatoms. The number of nitrogens with two attached hydrogens (primary N) is 1. The highest BCUT2D eigenvalue weighted by Crippen LogP contribution is 2.29. The largest absolute Gasteiger partial charge is 0.496 e. The number of aromatic nitrogens is 2. The third kappa shape index (κ3) is 2.78. The van der Waals surface area contributed by atoms with Gasteiger partial charge in [0.05, 0.1) is 12.7 Å². The van der Waals surface area contributed by atoms with E-state index < -0.39 is 0 Å². The summed E-state index contributed by atoms with van der Waals surface area (Å²) < 4.78 is 5.27. The number of ether oxygens (including phenoxy) is 1. The highest BCUT2D eigenvalue weighted by Gasteiger charge is 2.09. The van der Waals surface area contributed by atoms with Gasteiger partial charge in [-0.15, -0.1) is 0 Å². The van der Waals surface area contributed by atoms with Gasteiger partial charge in [0.15, 0.2) is 5.82 Å². The maximum Gasteiger partial charge on any atom is 0.162 e. The van der Waals surface area contributed by atoms with Crippen LogP contribution in [-0.2, 0) is 6.42 Å². The maximum absolute atomic E-state index is 5.98. The summed E-state index contributed by atoms with van der Waals surface area (Å²) in [5.74, 6) is 1.29. The lowest BCUT2D eigenvalue weighted by atomic mass is 10.1. The summed E-state index contributed by atoms with van der Waals surface area (Å²) in [7, 11) is 1.61. The lowest BCUT2D eigenvalue weighted by Crippen LogP contribution is -2.04. The second kappa shape index (κ2) is 5.80. The molecule has 0 amide bonds. The highest BCUT2D eigenvalue weighted by molar-refractivity contribution is 6.30. The Morgan fingerprint density at radius 1 is 1.28 bits per heavy atom. The molecule has 0 fully saturated rings. The first-order chi connectivity index (χ1) is 8.74. The van der Waals surface area contributed by atoms with Gasteiger partial charge in [0.25, 0.3) is 0 Å². The van der Waals surface area contributed by atoms with Crippen molar-refractivity contribution in [2.45, 2.75) is 6.42 Å². The van der Waals surface area contributed by atoms with Crippen molar-refractivity contribution in [3.63, 3.8) is 0 Å². The summed E-state index contributed by atoms with van der Waals surface area (Å²) in [5, 5.41) is 0.625. The summed E-state index contributed by atoms with van der Waals surface area (Å²) >= 11 is 5.98. The molecular formula is C13H14ClN3O. The zero-order chi connectivity index (χ0) is 13.0. The van der Waals surface area contributed by atoms with Gasteiger partial charge in [0, 0.05) is 17.4 Å². The minimum absolute atomic E-state index is 0.587. The van der Waals surface area contributed by atoms with E-state index in [9.17, 15) is 0 Å². The number of methoxy groups -OCH3 is 1. The zero-order valence-corrected chi connectivity index (χ0v) is 10.8. The van der Waals surface area contributed by atoms with Gasteiger partial charge in [-0.05, 0) is 36.7 Å². The molecule has 0 atom stereocenters. The Kier molecular flexibility index (Phi) is 4.12. The minimum Gasteiger partial charge on any atom is -0.496 e. The molecule has 2 rings (SSSR count). The van der Waals surface area contributed by atoms with Gasteiger partial charge in [0.2, 0.25) is 0 Å². The topological polar surface area (TPSA) is 61.0 Å². The molecule has 94 valence electrons. The van der Waals surface area contributed by atoms with Crippen LogP contribution in [0, 0.1) is 0 Å². The third-order valence-electron chi connectivity index (χ3n) is 2.54. The van der Waals surface area contributed by atoms with E-state index in [0.29, 0.717) is 23.1 Å². The van der Waals surface area contributed by atoms with Crippen LogP contribution in [0.15, 0.2) is 30.6 Å². The average Bonchev–Trinajstić information content (AvgIpc) is 2.40. The molecule has 2 N–H and O–H groups in total. The first-order valence-electron chi connectivity index (χ1n) is 5.59. The van der Waals surface area contributed by atoms with E-state index in [0.717, 1.165) is 17.5 Å². The van der Waals surface area contributed by atoms with Crippen LogP contribution in [0.2, 0.25) is 5.02 Å². The highest BCUT2D eigenvalue weighted by atomic mass is 35.5. The molecule has 4 nitrogen and oxygen atoms in total. The van der Waals surface area contributed by atoms with Crippen LogP contribution in [0.4, 0.5) is 0 Å². The van der Waals surface area contributed by atoms with Gasteiger partial charge in [-0.25, -0.2) is 9.97 Å². The van der Waals surface area contributed by atoms with Crippen molar-refractivity contribution in [1.82, 2.24) is 9.97 Å². The molecule has 1 aromatic heterocycles. The fraction of sp³-hybridized carbons (Fsp3) is 0.231. The Bertz CT molecular complexity index is 528. The first kappa shape index (κ1) is 12.8. The van der Waals surface area contributed by atoms with Gasteiger partial charge in [0.1, 0.15) is 5.75 Å². The summed E-state index contributed by atoms with van der Waals surface area (Å²) in [6.45, 7) is 0.587. The number of rotatable bonds is 4. The molecule has 0 bridgehead atoms. The summed E-state index contributed by atoms with van der Waals surface area (Å²) in [5.41, 5.74) is 7.28. The molecular weight excluding hydrogens is 250 g/mol. The van der Waals surface area contributed by atoms with Gasteiger partial charge in [-0.3, -0.25) is 0 Å². The van der Waals surface area contributed by atoms with Crippen molar-refractivity contribution in [2.75, 3.05) is 13.7 Å². The number of benzene rings is 1. The van der Waals surface area contributed by atoms with Gasteiger partial charge in [-0.1, -0.05) is 11.6 Å².